The molecule has 1 heterocycles. The van der Waals surface area contributed by atoms with Crippen LogP contribution in [0.5, 0.6) is 5.75 Å². The van der Waals surface area contributed by atoms with Crippen LogP contribution in [-0.4, -0.2) is 18.2 Å². The van der Waals surface area contributed by atoms with E-state index in [1.54, 1.807) is 6.07 Å². The average molecular weight is 256 g/mol. The molecule has 2 aromatic rings. The van der Waals surface area contributed by atoms with Gasteiger partial charge in [-0.25, -0.2) is 0 Å². The topological polar surface area (TPSA) is 85.7 Å². The van der Waals surface area contributed by atoms with E-state index in [4.69, 9.17) is 31.6 Å². The van der Waals surface area contributed by atoms with Crippen LogP contribution in [0.15, 0.2) is 22.8 Å². The summed E-state index contributed by atoms with van der Waals surface area (Å²) in [6, 6.07) is 1.92. The van der Waals surface area contributed by atoms with E-state index in [0.717, 1.165) is 0 Å². The van der Waals surface area contributed by atoms with Gasteiger partial charge >= 0.3 is 5.97 Å². The van der Waals surface area contributed by atoms with Gasteiger partial charge in [0, 0.05) is 10.9 Å². The molecule has 6 heteroatoms. The van der Waals surface area contributed by atoms with Gasteiger partial charge in [-0.05, 0) is 12.1 Å². The summed E-state index contributed by atoms with van der Waals surface area (Å²) in [5.74, 6) is -0.752. The minimum atomic E-state index is -1.20. The molecule has 5 nitrogen and oxygen atoms in total. The van der Waals surface area contributed by atoms with Gasteiger partial charge in [0.15, 0.2) is 11.3 Å². The van der Waals surface area contributed by atoms with Crippen molar-refractivity contribution < 1.29 is 19.1 Å². The molecule has 0 radical (unpaired) electrons. The highest BCUT2D eigenvalue weighted by Gasteiger charge is 2.22. The summed E-state index contributed by atoms with van der Waals surface area (Å²) in [6.07, 6.45) is 1.45. The van der Waals surface area contributed by atoms with Gasteiger partial charge in [-0.3, -0.25) is 4.79 Å². The summed E-state index contributed by atoms with van der Waals surface area (Å²) in [7, 11) is 1.46. The zero-order chi connectivity index (χ0) is 12.6. The van der Waals surface area contributed by atoms with Gasteiger partial charge in [0.05, 0.1) is 18.4 Å². The zero-order valence-electron chi connectivity index (χ0n) is 8.94. The lowest BCUT2D eigenvalue weighted by Crippen LogP contribution is -2.21. The number of carbonyl (C=O) groups is 1. The van der Waals surface area contributed by atoms with Gasteiger partial charge in [0.25, 0.3) is 0 Å². The fourth-order valence-corrected chi connectivity index (χ4v) is 1.93. The SMILES string of the molecule is COc1cc(C(N)C(=O)O)c(Cl)c2ccoc12. The number of furan rings is 1. The minimum absolute atomic E-state index is 0.268. The van der Waals surface area contributed by atoms with Crippen LogP contribution in [0.25, 0.3) is 11.0 Å². The molecule has 0 aliphatic rings. The molecular formula is C11H10ClNO4. The molecular weight excluding hydrogens is 246 g/mol. The van der Waals surface area contributed by atoms with Crippen LogP contribution in [-0.2, 0) is 4.79 Å². The van der Waals surface area contributed by atoms with Crippen molar-refractivity contribution in [1.82, 2.24) is 0 Å². The molecule has 0 aliphatic carbocycles. The van der Waals surface area contributed by atoms with Crippen molar-refractivity contribution >= 4 is 28.5 Å². The quantitative estimate of drug-likeness (QED) is 0.878. The summed E-state index contributed by atoms with van der Waals surface area (Å²) < 4.78 is 10.3. The second kappa shape index (κ2) is 4.27. The van der Waals surface area contributed by atoms with E-state index in [2.05, 4.69) is 0 Å². The Balaban J connectivity index is 2.71. The molecule has 1 atom stereocenters. The third-order valence-electron chi connectivity index (χ3n) is 2.49. The molecule has 17 heavy (non-hydrogen) atoms. The molecule has 0 fully saturated rings. The first kappa shape index (κ1) is 11.8. The Morgan fingerprint density at radius 3 is 2.94 bits per heavy atom. The molecule has 1 aromatic heterocycles. The van der Waals surface area contributed by atoms with E-state index in [9.17, 15) is 4.79 Å². The van der Waals surface area contributed by atoms with Crippen molar-refractivity contribution in [2.45, 2.75) is 6.04 Å². The molecule has 0 aliphatic heterocycles. The van der Waals surface area contributed by atoms with Gasteiger partial charge in [-0.15, -0.1) is 0 Å². The maximum Gasteiger partial charge on any atom is 0.325 e. The van der Waals surface area contributed by atoms with Crippen molar-refractivity contribution in [3.63, 3.8) is 0 Å². The third-order valence-corrected chi connectivity index (χ3v) is 2.91. The maximum absolute atomic E-state index is 10.9. The number of aliphatic carboxylic acids is 1. The predicted molar refractivity (Wildman–Crippen MR) is 62.3 cm³/mol. The monoisotopic (exact) mass is 255 g/mol. The number of ether oxygens (including phenoxy) is 1. The average Bonchev–Trinajstić information content (AvgIpc) is 2.78. The number of fused-ring (bicyclic) bond motifs is 1. The minimum Gasteiger partial charge on any atom is -0.493 e. The van der Waals surface area contributed by atoms with Crippen LogP contribution in [0, 0.1) is 0 Å². The van der Waals surface area contributed by atoms with Crippen molar-refractivity contribution in [1.29, 1.82) is 0 Å². The van der Waals surface area contributed by atoms with Gasteiger partial charge in [-0.2, -0.15) is 0 Å². The largest absolute Gasteiger partial charge is 0.493 e. The summed E-state index contributed by atoms with van der Waals surface area (Å²) >= 11 is 6.09. The summed E-state index contributed by atoms with van der Waals surface area (Å²) in [5, 5.41) is 9.75. The van der Waals surface area contributed by atoms with Gasteiger partial charge in [0.2, 0.25) is 0 Å². The number of hydrogen-bond acceptors (Lipinski definition) is 4. The Morgan fingerprint density at radius 1 is 1.65 bits per heavy atom. The molecule has 0 bridgehead atoms. The van der Waals surface area contributed by atoms with Crippen LogP contribution in [0.3, 0.4) is 0 Å². The Morgan fingerprint density at radius 2 is 2.35 bits per heavy atom. The zero-order valence-corrected chi connectivity index (χ0v) is 9.69. The van der Waals surface area contributed by atoms with E-state index in [0.29, 0.717) is 22.3 Å². The highest BCUT2D eigenvalue weighted by molar-refractivity contribution is 6.36. The van der Waals surface area contributed by atoms with E-state index < -0.39 is 12.0 Å². The summed E-state index contributed by atoms with van der Waals surface area (Å²) in [4.78, 5) is 10.9. The molecule has 1 unspecified atom stereocenters. The number of nitrogens with two attached hydrogens (primary N) is 1. The molecule has 0 amide bonds. The Kier molecular flexibility index (Phi) is 2.95. The standard InChI is InChI=1S/C11H10ClNO4/c1-16-7-4-6(9(13)11(14)15)8(12)5-2-3-17-10(5)7/h2-4,9H,13H2,1H3,(H,14,15). The van der Waals surface area contributed by atoms with Crippen LogP contribution < -0.4 is 10.5 Å². The van der Waals surface area contributed by atoms with Gasteiger partial charge < -0.3 is 20.0 Å². The number of hydrogen-bond donors (Lipinski definition) is 2. The molecule has 3 N–H and O–H groups in total. The third kappa shape index (κ3) is 1.83. The number of halogens is 1. The Hall–Kier alpha value is -1.72. The fraction of sp³-hybridized carbons (Fsp3) is 0.182. The van der Waals surface area contributed by atoms with Crippen molar-refractivity contribution in [3.05, 3.63) is 29.0 Å². The lowest BCUT2D eigenvalue weighted by Gasteiger charge is -2.11. The van der Waals surface area contributed by atoms with Crippen LogP contribution in [0.1, 0.15) is 11.6 Å². The number of carboxylic acid groups (broad SMARTS) is 1. The van der Waals surface area contributed by atoms with Crippen molar-refractivity contribution in [3.8, 4) is 5.75 Å². The predicted octanol–water partition coefficient (Wildman–Crippen LogP) is 2.18. The van der Waals surface area contributed by atoms with E-state index in [1.807, 2.05) is 0 Å². The maximum atomic E-state index is 10.9. The number of carboxylic acids is 1. The fourth-order valence-electron chi connectivity index (χ4n) is 1.61. The van der Waals surface area contributed by atoms with Gasteiger partial charge in [-0.1, -0.05) is 11.6 Å². The van der Waals surface area contributed by atoms with E-state index in [1.165, 1.54) is 19.4 Å². The number of methoxy groups -OCH3 is 1. The normalized spacial score (nSPS) is 12.6. The molecule has 0 spiro atoms. The molecule has 90 valence electrons. The molecule has 1 aromatic carbocycles. The molecule has 0 saturated carbocycles. The smallest absolute Gasteiger partial charge is 0.325 e. The second-order valence-electron chi connectivity index (χ2n) is 3.46. The Labute approximate surface area is 102 Å². The molecule has 2 rings (SSSR count). The first-order valence-corrected chi connectivity index (χ1v) is 5.16. The van der Waals surface area contributed by atoms with Crippen molar-refractivity contribution in [2.24, 2.45) is 5.73 Å². The number of benzene rings is 1. The lowest BCUT2D eigenvalue weighted by molar-refractivity contribution is -0.138. The first-order valence-electron chi connectivity index (χ1n) is 4.78. The second-order valence-corrected chi connectivity index (χ2v) is 3.84. The highest BCUT2D eigenvalue weighted by Crippen LogP contribution is 2.37. The summed E-state index contributed by atoms with van der Waals surface area (Å²) in [6.45, 7) is 0. The van der Waals surface area contributed by atoms with Crippen LogP contribution >= 0.6 is 11.6 Å². The van der Waals surface area contributed by atoms with E-state index >= 15 is 0 Å². The first-order chi connectivity index (χ1) is 8.06. The van der Waals surface area contributed by atoms with Crippen LogP contribution in [0.4, 0.5) is 0 Å². The van der Waals surface area contributed by atoms with Crippen LogP contribution in [0.2, 0.25) is 5.02 Å². The highest BCUT2D eigenvalue weighted by atomic mass is 35.5. The van der Waals surface area contributed by atoms with E-state index in [-0.39, 0.29) is 5.02 Å². The summed E-state index contributed by atoms with van der Waals surface area (Å²) in [5.41, 5.74) is 6.32. The van der Waals surface area contributed by atoms with Crippen molar-refractivity contribution in [2.75, 3.05) is 7.11 Å². The van der Waals surface area contributed by atoms with Gasteiger partial charge in [0.1, 0.15) is 6.04 Å². The Bertz CT molecular complexity index is 578. The number of rotatable bonds is 3. The molecule has 0 saturated heterocycles. The lowest BCUT2D eigenvalue weighted by atomic mass is 10.0.